The van der Waals surface area contributed by atoms with Gasteiger partial charge in [0.2, 0.25) is 5.91 Å². The van der Waals surface area contributed by atoms with E-state index >= 15 is 0 Å². The summed E-state index contributed by atoms with van der Waals surface area (Å²) < 4.78 is 23.7. The van der Waals surface area contributed by atoms with E-state index in [2.05, 4.69) is 17.3 Å². The van der Waals surface area contributed by atoms with Crippen LogP contribution in [0.15, 0.2) is 30.3 Å². The Morgan fingerprint density at radius 1 is 1.12 bits per heavy atom. The van der Waals surface area contributed by atoms with Gasteiger partial charge in [-0.05, 0) is 51.9 Å². The van der Waals surface area contributed by atoms with Gasteiger partial charge in [0.1, 0.15) is 0 Å². The highest BCUT2D eigenvalue weighted by atomic mass is 32.2. The minimum atomic E-state index is -3.05. The summed E-state index contributed by atoms with van der Waals surface area (Å²) in [5.41, 5.74) is -0.190. The predicted molar refractivity (Wildman–Crippen MR) is 94.7 cm³/mol. The third kappa shape index (κ3) is 3.35. The van der Waals surface area contributed by atoms with Crippen LogP contribution in [0.1, 0.15) is 31.7 Å². The summed E-state index contributed by atoms with van der Waals surface area (Å²) in [6, 6.07) is 9.90. The molecule has 0 aliphatic carbocycles. The van der Waals surface area contributed by atoms with E-state index in [1.807, 2.05) is 37.3 Å². The average molecular weight is 350 g/mol. The second-order valence-electron chi connectivity index (χ2n) is 7.61. The van der Waals surface area contributed by atoms with E-state index in [0.29, 0.717) is 6.42 Å². The van der Waals surface area contributed by atoms with Crippen molar-refractivity contribution in [2.24, 2.45) is 0 Å². The molecule has 1 N–H and O–H groups in total. The number of amides is 1. The molecule has 0 bridgehead atoms. The molecule has 1 aromatic carbocycles. The van der Waals surface area contributed by atoms with Crippen LogP contribution in [0.3, 0.4) is 0 Å². The molecule has 24 heavy (non-hydrogen) atoms. The molecule has 2 aliphatic heterocycles. The number of carbonyl (C=O) groups is 1. The normalized spacial score (nSPS) is 29.2. The summed E-state index contributed by atoms with van der Waals surface area (Å²) in [4.78, 5) is 15.5. The highest BCUT2D eigenvalue weighted by Gasteiger charge is 2.47. The number of benzene rings is 1. The second-order valence-corrected chi connectivity index (χ2v) is 9.79. The molecule has 1 atom stereocenters. The van der Waals surface area contributed by atoms with E-state index in [1.165, 1.54) is 0 Å². The standard InChI is InChI=1S/C18H26N2O3S/c1-17(10-13-24(22,23)14-17)19-16(21)18(8-11-20(2)12-9-18)15-6-4-3-5-7-15/h3-7H,8-14H2,1-2H3,(H,19,21)/t17-/m0/s1. The van der Waals surface area contributed by atoms with Crippen LogP contribution in [0.5, 0.6) is 0 Å². The molecule has 5 nitrogen and oxygen atoms in total. The van der Waals surface area contributed by atoms with E-state index in [1.54, 1.807) is 0 Å². The van der Waals surface area contributed by atoms with Gasteiger partial charge in [-0.3, -0.25) is 4.79 Å². The van der Waals surface area contributed by atoms with Crippen molar-refractivity contribution in [3.63, 3.8) is 0 Å². The summed E-state index contributed by atoms with van der Waals surface area (Å²) in [6.45, 7) is 3.57. The first-order valence-corrected chi connectivity index (χ1v) is 10.3. The number of nitrogens with one attached hydrogen (secondary N) is 1. The number of sulfone groups is 1. The Kier molecular flexibility index (Phi) is 4.47. The third-order valence-electron chi connectivity index (χ3n) is 5.52. The fourth-order valence-corrected chi connectivity index (χ4v) is 6.00. The molecule has 2 aliphatic rings. The Hall–Kier alpha value is -1.40. The van der Waals surface area contributed by atoms with Gasteiger partial charge in [-0.1, -0.05) is 30.3 Å². The van der Waals surface area contributed by atoms with E-state index in [0.717, 1.165) is 31.5 Å². The van der Waals surface area contributed by atoms with E-state index < -0.39 is 20.8 Å². The van der Waals surface area contributed by atoms with Crippen LogP contribution in [-0.4, -0.2) is 56.4 Å². The van der Waals surface area contributed by atoms with Crippen molar-refractivity contribution in [2.75, 3.05) is 31.6 Å². The molecule has 0 spiro atoms. The van der Waals surface area contributed by atoms with Crippen molar-refractivity contribution >= 4 is 15.7 Å². The number of hydrogen-bond acceptors (Lipinski definition) is 4. The Bertz CT molecular complexity index is 709. The van der Waals surface area contributed by atoms with Gasteiger partial charge in [0.25, 0.3) is 0 Å². The molecular formula is C18H26N2O3S. The number of likely N-dealkylation sites (tertiary alicyclic amines) is 1. The highest BCUT2D eigenvalue weighted by Crippen LogP contribution is 2.37. The number of nitrogens with zero attached hydrogens (tertiary/aromatic N) is 1. The lowest BCUT2D eigenvalue weighted by atomic mass is 9.71. The van der Waals surface area contributed by atoms with Crippen molar-refractivity contribution in [3.05, 3.63) is 35.9 Å². The van der Waals surface area contributed by atoms with Crippen LogP contribution < -0.4 is 5.32 Å². The van der Waals surface area contributed by atoms with Crippen LogP contribution in [0.25, 0.3) is 0 Å². The van der Waals surface area contributed by atoms with Crippen molar-refractivity contribution in [2.45, 2.75) is 37.1 Å². The van der Waals surface area contributed by atoms with Gasteiger partial charge in [-0.2, -0.15) is 0 Å². The minimum absolute atomic E-state index is 0.0265. The van der Waals surface area contributed by atoms with Gasteiger partial charge < -0.3 is 10.2 Å². The molecule has 132 valence electrons. The van der Waals surface area contributed by atoms with Gasteiger partial charge in [-0.25, -0.2) is 8.42 Å². The molecule has 6 heteroatoms. The van der Waals surface area contributed by atoms with Crippen molar-refractivity contribution in [3.8, 4) is 0 Å². The van der Waals surface area contributed by atoms with Gasteiger partial charge in [-0.15, -0.1) is 0 Å². The molecule has 2 saturated heterocycles. The zero-order valence-electron chi connectivity index (χ0n) is 14.4. The second kappa shape index (κ2) is 6.15. The third-order valence-corrected chi connectivity index (χ3v) is 7.42. The number of piperidine rings is 1. The summed E-state index contributed by atoms with van der Waals surface area (Å²) >= 11 is 0. The molecule has 3 rings (SSSR count). The highest BCUT2D eigenvalue weighted by molar-refractivity contribution is 7.91. The van der Waals surface area contributed by atoms with E-state index in [9.17, 15) is 13.2 Å². The van der Waals surface area contributed by atoms with Crippen LogP contribution in [-0.2, 0) is 20.0 Å². The topological polar surface area (TPSA) is 66.5 Å². The first-order valence-electron chi connectivity index (χ1n) is 8.52. The zero-order valence-corrected chi connectivity index (χ0v) is 15.2. The number of carbonyl (C=O) groups excluding carboxylic acids is 1. The summed E-state index contributed by atoms with van der Waals surface area (Å²) in [5, 5.41) is 3.10. The van der Waals surface area contributed by atoms with Gasteiger partial charge >= 0.3 is 0 Å². The van der Waals surface area contributed by atoms with Crippen molar-refractivity contribution in [1.82, 2.24) is 10.2 Å². The summed E-state index contributed by atoms with van der Waals surface area (Å²) in [6.07, 6.45) is 2.00. The zero-order chi connectivity index (χ0) is 17.4. The van der Waals surface area contributed by atoms with Gasteiger partial charge in [0.15, 0.2) is 9.84 Å². The van der Waals surface area contributed by atoms with E-state index in [4.69, 9.17) is 0 Å². The lowest BCUT2D eigenvalue weighted by Gasteiger charge is -2.41. The molecule has 2 fully saturated rings. The van der Waals surface area contributed by atoms with Gasteiger partial charge in [0, 0.05) is 0 Å². The maximum Gasteiger partial charge on any atom is 0.231 e. The van der Waals surface area contributed by atoms with Crippen LogP contribution in [0.2, 0.25) is 0 Å². The number of rotatable bonds is 3. The minimum Gasteiger partial charge on any atom is -0.349 e. The fourth-order valence-electron chi connectivity index (χ4n) is 3.91. The average Bonchev–Trinajstić information content (AvgIpc) is 2.82. The molecular weight excluding hydrogens is 324 g/mol. The van der Waals surface area contributed by atoms with E-state index in [-0.39, 0.29) is 17.4 Å². The Labute approximate surface area is 144 Å². The Balaban J connectivity index is 1.88. The lowest BCUT2D eigenvalue weighted by molar-refractivity contribution is -0.130. The van der Waals surface area contributed by atoms with Crippen molar-refractivity contribution in [1.29, 1.82) is 0 Å². The Morgan fingerprint density at radius 3 is 2.29 bits per heavy atom. The molecule has 0 aromatic heterocycles. The summed E-state index contributed by atoms with van der Waals surface area (Å²) in [5.74, 6) is 0.169. The fraction of sp³-hybridized carbons (Fsp3) is 0.611. The lowest BCUT2D eigenvalue weighted by Crippen LogP contribution is -2.57. The van der Waals surface area contributed by atoms with Crippen LogP contribution >= 0.6 is 0 Å². The maximum atomic E-state index is 13.3. The molecule has 0 saturated carbocycles. The summed E-state index contributed by atoms with van der Waals surface area (Å²) in [7, 11) is -0.979. The first kappa shape index (κ1) is 17.4. The molecule has 1 aromatic rings. The van der Waals surface area contributed by atoms with Crippen LogP contribution in [0.4, 0.5) is 0 Å². The smallest absolute Gasteiger partial charge is 0.231 e. The quantitative estimate of drug-likeness (QED) is 0.893. The maximum absolute atomic E-state index is 13.3. The molecule has 2 heterocycles. The Morgan fingerprint density at radius 2 is 1.75 bits per heavy atom. The largest absolute Gasteiger partial charge is 0.349 e. The molecule has 1 amide bonds. The number of hydrogen-bond donors (Lipinski definition) is 1. The monoisotopic (exact) mass is 350 g/mol. The van der Waals surface area contributed by atoms with Crippen LogP contribution in [0, 0.1) is 0 Å². The first-order chi connectivity index (χ1) is 11.2. The predicted octanol–water partition coefficient (Wildman–Crippen LogP) is 1.34. The SMILES string of the molecule is CN1CCC(C(=O)N[C@@]2(C)CCS(=O)(=O)C2)(c2ccccc2)CC1. The molecule has 0 unspecified atom stereocenters. The van der Waals surface area contributed by atoms with Gasteiger partial charge in [0.05, 0.1) is 22.5 Å². The molecule has 0 radical (unpaired) electrons. The van der Waals surface area contributed by atoms with Crippen molar-refractivity contribution < 1.29 is 13.2 Å².